The molecule has 0 N–H and O–H groups in total. The Balaban J connectivity index is 1.53. The van der Waals surface area contributed by atoms with E-state index in [2.05, 4.69) is 36.4 Å². The van der Waals surface area contributed by atoms with Gasteiger partial charge in [-0.05, 0) is 44.5 Å². The van der Waals surface area contributed by atoms with Crippen molar-refractivity contribution in [3.05, 3.63) is 182 Å². The Bertz CT molecular complexity index is 2200. The van der Waals surface area contributed by atoms with Crippen molar-refractivity contribution < 1.29 is 9.13 Å². The fourth-order valence-electron chi connectivity index (χ4n) is 6.84. The van der Waals surface area contributed by atoms with Crippen molar-refractivity contribution in [1.82, 2.24) is 0 Å². The normalized spacial score (nSPS) is 12.1. The highest BCUT2D eigenvalue weighted by molar-refractivity contribution is 7.86. The first-order chi connectivity index (χ1) is 22.6. The minimum absolute atomic E-state index is 0.796. The van der Waals surface area contributed by atoms with Gasteiger partial charge in [-0.3, -0.25) is 0 Å². The molecule has 0 atom stereocenters. The molecule has 0 bridgehead atoms. The molecule has 0 amide bonds. The third kappa shape index (κ3) is 4.41. The van der Waals surface area contributed by atoms with Gasteiger partial charge >= 0.3 is 0 Å². The molecule has 8 aromatic carbocycles. The van der Waals surface area contributed by atoms with Crippen LogP contribution in [0.25, 0.3) is 32.3 Å². The summed E-state index contributed by atoms with van der Waals surface area (Å²) in [4.78, 5) is 0. The maximum atomic E-state index is 15.8. The fraction of sp³-hybridized carbons (Fsp3) is 0. The van der Waals surface area contributed by atoms with Crippen LogP contribution in [0, 0.1) is 0 Å². The van der Waals surface area contributed by atoms with E-state index in [-0.39, 0.29) is 0 Å². The molecule has 0 saturated heterocycles. The molecule has 0 aliphatic carbocycles. The molecule has 0 aromatic heterocycles. The van der Waals surface area contributed by atoms with Gasteiger partial charge in [0.2, 0.25) is 0 Å². The van der Waals surface area contributed by atoms with E-state index in [0.29, 0.717) is 0 Å². The predicted octanol–water partition coefficient (Wildman–Crippen LogP) is 8.43. The topological polar surface area (TPSA) is 34.1 Å². The quantitative estimate of drug-likeness (QED) is 0.137. The standard InChI is InChI=1S/C42H30O2P2/c43-45(31-17-5-1-6-18-31,32-19-7-2-8-20-32)41-29-39-36-26-14-16-28-38(36)42(30-40(39)35-25-13-15-27-37(35)41)46(44,33-21-9-3-10-22-33)34-23-11-4-12-24-34/h1-30H. The highest BCUT2D eigenvalue weighted by Crippen LogP contribution is 2.49. The average Bonchev–Trinajstić information content (AvgIpc) is 3.15. The van der Waals surface area contributed by atoms with E-state index in [4.69, 9.17) is 0 Å². The first-order valence-corrected chi connectivity index (χ1v) is 18.8. The maximum absolute atomic E-state index is 15.8. The second kappa shape index (κ2) is 11.4. The van der Waals surface area contributed by atoms with Crippen LogP contribution in [0.2, 0.25) is 0 Å². The first-order valence-electron chi connectivity index (χ1n) is 15.4. The molecule has 8 aromatic rings. The summed E-state index contributed by atoms with van der Waals surface area (Å²) in [5, 5.41) is 10.6. The Hall–Kier alpha value is -5.00. The number of benzene rings is 8. The molecular weight excluding hydrogens is 598 g/mol. The van der Waals surface area contributed by atoms with Gasteiger partial charge in [0.1, 0.15) is 0 Å². The molecule has 2 nitrogen and oxygen atoms in total. The third-order valence-electron chi connectivity index (χ3n) is 9.00. The van der Waals surface area contributed by atoms with Crippen molar-refractivity contribution in [1.29, 1.82) is 0 Å². The largest absolute Gasteiger partial charge is 0.309 e. The summed E-state index contributed by atoms with van der Waals surface area (Å²) in [5.74, 6) is 0. The van der Waals surface area contributed by atoms with Gasteiger partial charge in [0.25, 0.3) is 0 Å². The monoisotopic (exact) mass is 628 g/mol. The lowest BCUT2D eigenvalue weighted by molar-refractivity contribution is 0.592. The summed E-state index contributed by atoms with van der Waals surface area (Å²) in [5.41, 5.74) is 0. The number of hydrogen-bond acceptors (Lipinski definition) is 2. The zero-order valence-corrected chi connectivity index (χ0v) is 26.8. The van der Waals surface area contributed by atoms with E-state index < -0.39 is 14.3 Å². The summed E-state index contributed by atoms with van der Waals surface area (Å²) >= 11 is 0. The molecule has 0 saturated carbocycles. The van der Waals surface area contributed by atoms with E-state index in [1.807, 2.05) is 146 Å². The van der Waals surface area contributed by atoms with Crippen LogP contribution in [-0.4, -0.2) is 0 Å². The van der Waals surface area contributed by atoms with Crippen molar-refractivity contribution in [2.45, 2.75) is 0 Å². The molecular formula is C42H30O2P2. The molecule has 8 rings (SSSR count). The van der Waals surface area contributed by atoms with Crippen LogP contribution in [0.1, 0.15) is 0 Å². The van der Waals surface area contributed by atoms with Gasteiger partial charge in [0.05, 0.1) is 0 Å². The summed E-state index contributed by atoms with van der Waals surface area (Å²) in [6.45, 7) is 0. The van der Waals surface area contributed by atoms with E-state index in [1.165, 1.54) is 0 Å². The zero-order chi connectivity index (χ0) is 31.1. The second-order valence-electron chi connectivity index (χ2n) is 11.5. The molecule has 0 heterocycles. The van der Waals surface area contributed by atoms with Crippen LogP contribution in [0.15, 0.2) is 182 Å². The molecule has 0 spiro atoms. The number of hydrogen-bond donors (Lipinski definition) is 0. The second-order valence-corrected chi connectivity index (χ2v) is 17.0. The van der Waals surface area contributed by atoms with Crippen molar-refractivity contribution in [3.63, 3.8) is 0 Å². The van der Waals surface area contributed by atoms with Gasteiger partial charge < -0.3 is 9.13 Å². The minimum atomic E-state index is -3.30. The number of rotatable bonds is 6. The third-order valence-corrected chi connectivity index (χ3v) is 15.2. The van der Waals surface area contributed by atoms with Crippen LogP contribution in [0.4, 0.5) is 0 Å². The van der Waals surface area contributed by atoms with Crippen molar-refractivity contribution in [2.75, 3.05) is 0 Å². The van der Waals surface area contributed by atoms with Gasteiger partial charge in [0.15, 0.2) is 14.3 Å². The Labute approximate surface area is 268 Å². The van der Waals surface area contributed by atoms with Crippen LogP contribution in [0.5, 0.6) is 0 Å². The SMILES string of the molecule is O=P(c1ccccc1)(c1ccccc1)c1cc2c3ccccc3c(P(=O)(c3ccccc3)c3ccccc3)cc2c2ccccc12. The zero-order valence-electron chi connectivity index (χ0n) is 25.0. The van der Waals surface area contributed by atoms with Crippen LogP contribution in [-0.2, 0) is 9.13 Å². The molecule has 0 radical (unpaired) electrons. The summed E-state index contributed by atoms with van der Waals surface area (Å²) in [6.07, 6.45) is 0. The molecule has 4 heteroatoms. The van der Waals surface area contributed by atoms with Gasteiger partial charge in [-0.2, -0.15) is 0 Å². The lowest BCUT2D eigenvalue weighted by atomic mass is 9.97. The first kappa shape index (κ1) is 28.5. The molecule has 46 heavy (non-hydrogen) atoms. The highest BCUT2D eigenvalue weighted by Gasteiger charge is 2.34. The van der Waals surface area contributed by atoms with Crippen LogP contribution in [0.3, 0.4) is 0 Å². The summed E-state index contributed by atoms with van der Waals surface area (Å²) in [6, 6.07) is 60.1. The molecule has 0 fully saturated rings. The van der Waals surface area contributed by atoms with Crippen LogP contribution >= 0.6 is 14.3 Å². The highest BCUT2D eigenvalue weighted by atomic mass is 31.2. The van der Waals surface area contributed by atoms with Crippen molar-refractivity contribution in [2.24, 2.45) is 0 Å². The molecule has 0 aliphatic heterocycles. The predicted molar refractivity (Wildman–Crippen MR) is 198 cm³/mol. The van der Waals surface area contributed by atoms with Crippen LogP contribution < -0.4 is 31.8 Å². The minimum Gasteiger partial charge on any atom is -0.309 e. The Morgan fingerprint density at radius 2 is 0.500 bits per heavy atom. The smallest absolute Gasteiger partial charge is 0.171 e. The van der Waals surface area contributed by atoms with E-state index in [0.717, 1.165) is 64.1 Å². The maximum Gasteiger partial charge on any atom is 0.171 e. The van der Waals surface area contributed by atoms with Crippen molar-refractivity contribution in [3.8, 4) is 0 Å². The van der Waals surface area contributed by atoms with E-state index in [9.17, 15) is 0 Å². The van der Waals surface area contributed by atoms with Gasteiger partial charge in [-0.15, -0.1) is 0 Å². The summed E-state index contributed by atoms with van der Waals surface area (Å²) < 4.78 is 31.5. The number of fused-ring (bicyclic) bond motifs is 5. The van der Waals surface area contributed by atoms with E-state index in [1.54, 1.807) is 0 Å². The molecule has 0 unspecified atom stereocenters. The van der Waals surface area contributed by atoms with Gasteiger partial charge in [0, 0.05) is 31.8 Å². The van der Waals surface area contributed by atoms with Crippen molar-refractivity contribution >= 4 is 78.4 Å². The van der Waals surface area contributed by atoms with Gasteiger partial charge in [-0.25, -0.2) is 0 Å². The van der Waals surface area contributed by atoms with Gasteiger partial charge in [-0.1, -0.05) is 170 Å². The average molecular weight is 629 g/mol. The lowest BCUT2D eigenvalue weighted by Gasteiger charge is -2.25. The Morgan fingerprint density at radius 3 is 0.783 bits per heavy atom. The fourth-order valence-corrected chi connectivity index (χ4v) is 12.6. The summed E-state index contributed by atoms with van der Waals surface area (Å²) in [7, 11) is -6.60. The lowest BCUT2D eigenvalue weighted by Crippen LogP contribution is -2.27. The Morgan fingerprint density at radius 1 is 0.261 bits per heavy atom. The molecule has 220 valence electrons. The Kier molecular flexibility index (Phi) is 7.07. The van der Waals surface area contributed by atoms with E-state index >= 15 is 9.13 Å². The molecule has 0 aliphatic rings.